The third kappa shape index (κ3) is 5.20. The van der Waals surface area contributed by atoms with Gasteiger partial charge in [-0.1, -0.05) is 84.9 Å². The van der Waals surface area contributed by atoms with Crippen LogP contribution in [0.3, 0.4) is 0 Å². The SMILES string of the molecule is C[C@]12CC[C@@H]3c4ccc(O)cc4CC[C@H]3[C@@H]1CC[C@@]2(O)C#Cc1cccc(C#Cc2ccccc2C#Cc2ccccc2)c1. The van der Waals surface area contributed by atoms with Crippen molar-refractivity contribution in [2.75, 3.05) is 0 Å². The number of fused-ring (bicyclic) bond motifs is 5. The number of aryl methyl sites for hydroxylation is 1. The van der Waals surface area contributed by atoms with E-state index in [2.05, 4.69) is 48.5 Å². The summed E-state index contributed by atoms with van der Waals surface area (Å²) in [5.74, 6) is 21.7. The van der Waals surface area contributed by atoms with Gasteiger partial charge >= 0.3 is 0 Å². The minimum atomic E-state index is -1.00. The molecule has 44 heavy (non-hydrogen) atoms. The van der Waals surface area contributed by atoms with Crippen LogP contribution in [-0.2, 0) is 6.42 Å². The first-order valence-corrected chi connectivity index (χ1v) is 15.8. The monoisotopic (exact) mass is 572 g/mol. The molecule has 3 aliphatic carbocycles. The molecule has 0 unspecified atom stereocenters. The molecule has 0 radical (unpaired) electrons. The maximum atomic E-state index is 12.1. The third-order valence-corrected chi connectivity index (χ3v) is 10.5. The van der Waals surface area contributed by atoms with Crippen molar-refractivity contribution in [1.82, 2.24) is 0 Å². The van der Waals surface area contributed by atoms with Crippen molar-refractivity contribution in [3.63, 3.8) is 0 Å². The van der Waals surface area contributed by atoms with Crippen LogP contribution in [0.15, 0.2) is 97.1 Å². The van der Waals surface area contributed by atoms with Crippen LogP contribution < -0.4 is 0 Å². The largest absolute Gasteiger partial charge is 0.508 e. The van der Waals surface area contributed by atoms with Crippen LogP contribution in [0.25, 0.3) is 0 Å². The Hall–Kier alpha value is -4.68. The van der Waals surface area contributed by atoms with E-state index in [4.69, 9.17) is 0 Å². The topological polar surface area (TPSA) is 40.5 Å². The lowest BCUT2D eigenvalue weighted by Gasteiger charge is -2.52. The quantitative estimate of drug-likeness (QED) is 0.211. The second-order valence-corrected chi connectivity index (χ2v) is 12.9. The number of hydrogen-bond acceptors (Lipinski definition) is 2. The fourth-order valence-electron chi connectivity index (χ4n) is 8.14. The second-order valence-electron chi connectivity index (χ2n) is 12.9. The summed E-state index contributed by atoms with van der Waals surface area (Å²) in [6.07, 6.45) is 5.86. The molecular weight excluding hydrogens is 536 g/mol. The molecule has 0 aromatic heterocycles. The van der Waals surface area contributed by atoms with Crippen LogP contribution in [0.2, 0.25) is 0 Å². The highest BCUT2D eigenvalue weighted by Crippen LogP contribution is 2.64. The average molecular weight is 573 g/mol. The first-order valence-electron chi connectivity index (χ1n) is 15.8. The average Bonchev–Trinajstić information content (AvgIpc) is 3.33. The molecule has 0 amide bonds. The Morgan fingerprint density at radius 1 is 0.659 bits per heavy atom. The third-order valence-electron chi connectivity index (χ3n) is 10.5. The van der Waals surface area contributed by atoms with Crippen LogP contribution >= 0.6 is 0 Å². The normalized spacial score (nSPS) is 26.3. The van der Waals surface area contributed by atoms with Gasteiger partial charge in [-0.15, -0.1) is 0 Å². The lowest BCUT2D eigenvalue weighted by molar-refractivity contribution is -0.0647. The summed E-state index contributed by atoms with van der Waals surface area (Å²) >= 11 is 0. The first kappa shape index (κ1) is 28.1. The number of aliphatic hydroxyl groups is 1. The number of benzene rings is 4. The van der Waals surface area contributed by atoms with Gasteiger partial charge in [-0.2, -0.15) is 0 Å². The van der Waals surface area contributed by atoms with Crippen molar-refractivity contribution in [3.8, 4) is 41.3 Å². The zero-order chi connectivity index (χ0) is 30.1. The molecule has 3 aliphatic rings. The van der Waals surface area contributed by atoms with Gasteiger partial charge in [0, 0.05) is 33.2 Å². The predicted octanol–water partition coefficient (Wildman–Crippen LogP) is 7.83. The molecule has 0 spiro atoms. The van der Waals surface area contributed by atoms with Crippen LogP contribution in [0, 0.1) is 52.8 Å². The van der Waals surface area contributed by atoms with Crippen LogP contribution in [0.4, 0.5) is 0 Å². The smallest absolute Gasteiger partial charge is 0.131 e. The molecule has 2 fully saturated rings. The summed E-state index contributed by atoms with van der Waals surface area (Å²) in [6.45, 7) is 2.28. The Bertz CT molecular complexity index is 1900. The van der Waals surface area contributed by atoms with E-state index < -0.39 is 5.60 Å². The Morgan fingerprint density at radius 3 is 2.11 bits per heavy atom. The van der Waals surface area contributed by atoms with E-state index in [9.17, 15) is 10.2 Å². The Labute approximate surface area is 261 Å². The summed E-state index contributed by atoms with van der Waals surface area (Å²) in [7, 11) is 0. The number of hydrogen-bond donors (Lipinski definition) is 2. The highest BCUT2D eigenvalue weighted by atomic mass is 16.3. The molecule has 2 saturated carbocycles. The van der Waals surface area contributed by atoms with Gasteiger partial charge in [-0.05, 0) is 122 Å². The van der Waals surface area contributed by atoms with E-state index in [0.29, 0.717) is 29.9 Å². The molecule has 4 aromatic rings. The number of phenolic OH excluding ortho intramolecular Hbond substituents is 1. The van der Waals surface area contributed by atoms with E-state index in [1.54, 1.807) is 0 Å². The van der Waals surface area contributed by atoms with Crippen molar-refractivity contribution in [3.05, 3.63) is 136 Å². The summed E-state index contributed by atoms with van der Waals surface area (Å²) in [4.78, 5) is 0. The van der Waals surface area contributed by atoms with Crippen molar-refractivity contribution < 1.29 is 10.2 Å². The van der Waals surface area contributed by atoms with E-state index in [1.165, 1.54) is 11.1 Å². The molecule has 2 nitrogen and oxygen atoms in total. The maximum absolute atomic E-state index is 12.1. The lowest BCUT2D eigenvalue weighted by atomic mass is 9.53. The zero-order valence-electron chi connectivity index (χ0n) is 25.1. The number of phenols is 1. The summed E-state index contributed by atoms with van der Waals surface area (Å²) < 4.78 is 0. The Morgan fingerprint density at radius 2 is 1.34 bits per heavy atom. The van der Waals surface area contributed by atoms with E-state index in [1.807, 2.05) is 91.0 Å². The maximum Gasteiger partial charge on any atom is 0.131 e. The Balaban J connectivity index is 1.11. The molecule has 0 aliphatic heterocycles. The minimum absolute atomic E-state index is 0.225. The van der Waals surface area contributed by atoms with Gasteiger partial charge in [-0.3, -0.25) is 0 Å². The molecule has 0 heterocycles. The van der Waals surface area contributed by atoms with Crippen molar-refractivity contribution in [2.45, 2.75) is 57.0 Å². The van der Waals surface area contributed by atoms with Gasteiger partial charge < -0.3 is 10.2 Å². The fourth-order valence-corrected chi connectivity index (χ4v) is 8.14. The summed E-state index contributed by atoms with van der Waals surface area (Å²) in [6, 6.07) is 31.9. The molecule has 2 N–H and O–H groups in total. The van der Waals surface area contributed by atoms with Gasteiger partial charge in [0.15, 0.2) is 0 Å². The molecule has 0 saturated heterocycles. The van der Waals surface area contributed by atoms with E-state index in [0.717, 1.165) is 59.9 Å². The van der Waals surface area contributed by atoms with Crippen molar-refractivity contribution in [1.29, 1.82) is 0 Å². The summed E-state index contributed by atoms with van der Waals surface area (Å²) in [5.41, 5.74) is 6.01. The van der Waals surface area contributed by atoms with E-state index in [-0.39, 0.29) is 5.41 Å². The van der Waals surface area contributed by atoms with Gasteiger partial charge in [0.25, 0.3) is 0 Å². The molecular formula is C42H36O2. The van der Waals surface area contributed by atoms with Crippen LogP contribution in [0.1, 0.15) is 83.9 Å². The van der Waals surface area contributed by atoms with E-state index >= 15 is 0 Å². The van der Waals surface area contributed by atoms with Gasteiger partial charge in [-0.25, -0.2) is 0 Å². The number of rotatable bonds is 0. The molecule has 0 bridgehead atoms. The molecule has 4 aromatic carbocycles. The predicted molar refractivity (Wildman–Crippen MR) is 176 cm³/mol. The molecule has 5 atom stereocenters. The highest BCUT2D eigenvalue weighted by Gasteiger charge is 2.61. The Kier molecular flexibility index (Phi) is 7.31. The highest BCUT2D eigenvalue weighted by molar-refractivity contribution is 5.55. The zero-order valence-corrected chi connectivity index (χ0v) is 25.1. The minimum Gasteiger partial charge on any atom is -0.508 e. The lowest BCUT2D eigenvalue weighted by Crippen LogP contribution is -2.50. The van der Waals surface area contributed by atoms with Gasteiger partial charge in [0.1, 0.15) is 11.4 Å². The van der Waals surface area contributed by atoms with Crippen LogP contribution in [-0.4, -0.2) is 15.8 Å². The first-order chi connectivity index (χ1) is 21.4. The fraction of sp³-hybridized carbons (Fsp3) is 0.286. The van der Waals surface area contributed by atoms with Gasteiger partial charge in [0.05, 0.1) is 0 Å². The molecule has 2 heteroatoms. The second kappa shape index (κ2) is 11.4. The number of aromatic hydroxyl groups is 1. The van der Waals surface area contributed by atoms with Gasteiger partial charge in [0.2, 0.25) is 0 Å². The standard InChI is InChI=1S/C42H36O2/c1-41-25-23-38-37-21-19-36(43)29-35(37)18-20-39(38)40(41)24-27-42(41,44)26-22-32-11-7-10-31(28-32)15-17-34-13-6-5-12-33(34)16-14-30-8-3-2-4-9-30/h2-13,19,21,28-29,38-40,43-44H,18,20,23-25,27H2,1H3/t38-,39-,40+,41+,42+/m1/s1. The summed E-state index contributed by atoms with van der Waals surface area (Å²) in [5, 5.41) is 22.1. The molecule has 216 valence electrons. The molecule has 7 rings (SSSR count). The van der Waals surface area contributed by atoms with Crippen molar-refractivity contribution in [2.24, 2.45) is 17.3 Å². The van der Waals surface area contributed by atoms with Crippen LogP contribution in [0.5, 0.6) is 5.75 Å². The van der Waals surface area contributed by atoms with Crippen molar-refractivity contribution >= 4 is 0 Å².